The summed E-state index contributed by atoms with van der Waals surface area (Å²) in [4.78, 5) is 32.2. The van der Waals surface area contributed by atoms with Crippen molar-refractivity contribution in [3.63, 3.8) is 0 Å². The molecule has 1 saturated carbocycles. The van der Waals surface area contributed by atoms with E-state index in [1.807, 2.05) is 42.3 Å². The summed E-state index contributed by atoms with van der Waals surface area (Å²) in [5.41, 5.74) is 2.19. The zero-order valence-corrected chi connectivity index (χ0v) is 20.0. The summed E-state index contributed by atoms with van der Waals surface area (Å²) in [5.74, 6) is -0.596. The molecule has 1 aliphatic heterocycles. The van der Waals surface area contributed by atoms with Gasteiger partial charge in [-0.15, -0.1) is 0 Å². The number of halogens is 1. The maximum absolute atomic E-state index is 14.6. The first-order chi connectivity index (χ1) is 16.5. The van der Waals surface area contributed by atoms with Crippen molar-refractivity contribution >= 4 is 29.3 Å². The Morgan fingerprint density at radius 3 is 2.53 bits per heavy atom. The van der Waals surface area contributed by atoms with Gasteiger partial charge in [-0.1, -0.05) is 61.4 Å². The van der Waals surface area contributed by atoms with Crippen LogP contribution in [0, 0.1) is 5.82 Å². The minimum absolute atomic E-state index is 0.0419. The van der Waals surface area contributed by atoms with Crippen molar-refractivity contribution in [3.8, 4) is 0 Å². The molecule has 3 aromatic carbocycles. The van der Waals surface area contributed by atoms with Gasteiger partial charge in [-0.2, -0.15) is 0 Å². The van der Waals surface area contributed by atoms with Crippen LogP contribution in [0.25, 0.3) is 0 Å². The molecule has 2 aliphatic rings. The number of rotatable bonds is 4. The fourth-order valence-electron chi connectivity index (χ4n) is 4.84. The first-order valence-corrected chi connectivity index (χ1v) is 12.6. The highest BCUT2D eigenvalue weighted by Gasteiger charge is 2.30. The Labute approximate surface area is 203 Å². The zero-order valence-electron chi connectivity index (χ0n) is 19.2. The summed E-state index contributed by atoms with van der Waals surface area (Å²) < 4.78 is 14.6. The number of carbonyl (C=O) groups excluding carboxylic acids is 2. The number of benzene rings is 3. The van der Waals surface area contributed by atoms with Crippen molar-refractivity contribution in [1.29, 1.82) is 0 Å². The summed E-state index contributed by atoms with van der Waals surface area (Å²) >= 11 is 1.50. The maximum atomic E-state index is 14.6. The standard InChI is InChI=1S/C28H27FN2O2S/c1-30(21-10-3-2-4-11-21)27(32)19-15-16-26-24(17-19)31(18-20-9-5-7-13-23(20)29)28(33)22-12-6-8-14-25(22)34-26/h5-9,12-17,21H,2-4,10-11,18H2,1H3. The molecule has 0 radical (unpaired) electrons. The molecule has 0 N–H and O–H groups in total. The molecule has 3 aromatic rings. The van der Waals surface area contributed by atoms with Crippen molar-refractivity contribution in [2.75, 3.05) is 11.9 Å². The molecular formula is C28H27FN2O2S. The van der Waals surface area contributed by atoms with Crippen LogP contribution in [0.4, 0.5) is 10.1 Å². The largest absolute Gasteiger partial charge is 0.339 e. The lowest BCUT2D eigenvalue weighted by Crippen LogP contribution is -2.38. The lowest BCUT2D eigenvalue weighted by atomic mass is 9.94. The van der Waals surface area contributed by atoms with E-state index in [-0.39, 0.29) is 30.2 Å². The number of hydrogen-bond donors (Lipinski definition) is 0. The van der Waals surface area contributed by atoms with Crippen LogP contribution in [0.1, 0.15) is 58.4 Å². The Morgan fingerprint density at radius 2 is 1.74 bits per heavy atom. The number of nitrogens with zero attached hydrogens (tertiary/aromatic N) is 2. The van der Waals surface area contributed by atoms with Crippen LogP contribution in [-0.2, 0) is 6.54 Å². The molecule has 0 atom stereocenters. The van der Waals surface area contributed by atoms with Gasteiger partial charge < -0.3 is 9.80 Å². The highest BCUT2D eigenvalue weighted by molar-refractivity contribution is 7.99. The zero-order chi connectivity index (χ0) is 23.7. The Balaban J connectivity index is 1.55. The van der Waals surface area contributed by atoms with Crippen molar-refractivity contribution in [2.45, 2.75) is 54.5 Å². The van der Waals surface area contributed by atoms with Gasteiger partial charge in [0.1, 0.15) is 5.82 Å². The normalized spacial score (nSPS) is 15.9. The number of carbonyl (C=O) groups is 2. The third-order valence-electron chi connectivity index (χ3n) is 6.81. The van der Waals surface area contributed by atoms with Gasteiger partial charge in [0.25, 0.3) is 11.8 Å². The van der Waals surface area contributed by atoms with Crippen LogP contribution in [0.2, 0.25) is 0 Å². The Bertz CT molecular complexity index is 1240. The van der Waals surface area contributed by atoms with E-state index < -0.39 is 0 Å². The van der Waals surface area contributed by atoms with E-state index in [4.69, 9.17) is 0 Å². The summed E-state index contributed by atoms with van der Waals surface area (Å²) in [5, 5.41) is 0. The van der Waals surface area contributed by atoms with Crippen LogP contribution in [0.15, 0.2) is 76.5 Å². The van der Waals surface area contributed by atoms with Crippen LogP contribution in [0.3, 0.4) is 0 Å². The molecule has 0 spiro atoms. The van der Waals surface area contributed by atoms with Gasteiger partial charge in [0.05, 0.1) is 17.8 Å². The minimum Gasteiger partial charge on any atom is -0.339 e. The summed E-state index contributed by atoms with van der Waals surface area (Å²) in [6.45, 7) is 0.0868. The number of amides is 2. The Morgan fingerprint density at radius 1 is 1.00 bits per heavy atom. The topological polar surface area (TPSA) is 40.6 Å². The molecule has 0 unspecified atom stereocenters. The predicted octanol–water partition coefficient (Wildman–Crippen LogP) is 6.54. The van der Waals surface area contributed by atoms with E-state index in [0.717, 1.165) is 35.5 Å². The van der Waals surface area contributed by atoms with Crippen LogP contribution in [0.5, 0.6) is 0 Å². The summed E-state index contributed by atoms with van der Waals surface area (Å²) in [6.07, 6.45) is 5.56. The fourth-order valence-corrected chi connectivity index (χ4v) is 5.90. The number of anilines is 1. The van der Waals surface area contributed by atoms with Crippen molar-refractivity contribution in [1.82, 2.24) is 4.90 Å². The van der Waals surface area contributed by atoms with Crippen molar-refractivity contribution in [2.24, 2.45) is 0 Å². The molecule has 6 heteroatoms. The molecule has 1 fully saturated rings. The van der Waals surface area contributed by atoms with E-state index in [1.165, 1.54) is 24.2 Å². The van der Waals surface area contributed by atoms with Crippen LogP contribution in [-0.4, -0.2) is 29.8 Å². The average Bonchev–Trinajstić information content (AvgIpc) is 2.99. The Hall–Kier alpha value is -3.12. The van der Waals surface area contributed by atoms with Gasteiger partial charge >= 0.3 is 0 Å². The molecule has 1 aliphatic carbocycles. The van der Waals surface area contributed by atoms with Crippen LogP contribution >= 0.6 is 11.8 Å². The quantitative estimate of drug-likeness (QED) is 0.431. The van der Waals surface area contributed by atoms with Gasteiger partial charge in [0.15, 0.2) is 0 Å². The second-order valence-electron chi connectivity index (χ2n) is 8.97. The monoisotopic (exact) mass is 474 g/mol. The number of fused-ring (bicyclic) bond motifs is 2. The molecule has 34 heavy (non-hydrogen) atoms. The molecular weight excluding hydrogens is 447 g/mol. The fraction of sp³-hybridized carbons (Fsp3) is 0.286. The van der Waals surface area contributed by atoms with Gasteiger partial charge in [-0.3, -0.25) is 9.59 Å². The third-order valence-corrected chi connectivity index (χ3v) is 7.95. The number of hydrogen-bond acceptors (Lipinski definition) is 3. The average molecular weight is 475 g/mol. The minimum atomic E-state index is -0.355. The molecule has 1 heterocycles. The summed E-state index contributed by atoms with van der Waals surface area (Å²) in [7, 11) is 1.87. The van der Waals surface area contributed by atoms with Gasteiger partial charge in [-0.25, -0.2) is 4.39 Å². The molecule has 174 valence electrons. The summed E-state index contributed by atoms with van der Waals surface area (Å²) in [6, 6.07) is 19.8. The first kappa shape index (κ1) is 22.7. The lowest BCUT2D eigenvalue weighted by molar-refractivity contribution is 0.0696. The first-order valence-electron chi connectivity index (χ1n) is 11.8. The molecule has 2 amide bonds. The second kappa shape index (κ2) is 9.63. The molecule has 0 bridgehead atoms. The SMILES string of the molecule is CN(C(=O)c1ccc2c(c1)N(Cc1ccccc1F)C(=O)c1ccccc1S2)C1CCCCC1. The molecule has 0 aromatic heterocycles. The second-order valence-corrected chi connectivity index (χ2v) is 10.1. The smallest absolute Gasteiger partial charge is 0.259 e. The molecule has 5 rings (SSSR count). The maximum Gasteiger partial charge on any atom is 0.259 e. The van der Waals surface area contributed by atoms with Crippen molar-refractivity contribution in [3.05, 3.63) is 89.2 Å². The Kier molecular flexibility index (Phi) is 6.42. The van der Waals surface area contributed by atoms with E-state index >= 15 is 0 Å². The van der Waals surface area contributed by atoms with Gasteiger partial charge in [-0.05, 0) is 49.2 Å². The highest BCUT2D eigenvalue weighted by Crippen LogP contribution is 2.42. The van der Waals surface area contributed by atoms with Crippen molar-refractivity contribution < 1.29 is 14.0 Å². The van der Waals surface area contributed by atoms with E-state index in [2.05, 4.69) is 0 Å². The van der Waals surface area contributed by atoms with E-state index in [0.29, 0.717) is 22.4 Å². The highest BCUT2D eigenvalue weighted by atomic mass is 32.2. The lowest BCUT2D eigenvalue weighted by Gasteiger charge is -2.31. The predicted molar refractivity (Wildman–Crippen MR) is 133 cm³/mol. The van der Waals surface area contributed by atoms with E-state index in [9.17, 15) is 14.0 Å². The third kappa shape index (κ3) is 4.34. The molecule has 4 nitrogen and oxygen atoms in total. The molecule has 0 saturated heterocycles. The van der Waals surface area contributed by atoms with E-state index in [1.54, 1.807) is 35.2 Å². The van der Waals surface area contributed by atoms with Gasteiger partial charge in [0.2, 0.25) is 0 Å². The van der Waals surface area contributed by atoms with Crippen LogP contribution < -0.4 is 4.90 Å². The van der Waals surface area contributed by atoms with Gasteiger partial charge in [0, 0.05) is 34.0 Å².